The van der Waals surface area contributed by atoms with Gasteiger partial charge in [0.05, 0.1) is 0 Å². The van der Waals surface area contributed by atoms with Crippen molar-refractivity contribution in [2.24, 2.45) is 28.6 Å². The van der Waals surface area contributed by atoms with E-state index in [0.29, 0.717) is 24.7 Å². The van der Waals surface area contributed by atoms with E-state index < -0.39 is 17.1 Å². The Hall–Kier alpha value is -1.49. The number of esters is 1. The fourth-order valence-corrected chi connectivity index (χ4v) is 8.43. The molecule has 0 saturated heterocycles. The number of hydrogen-bond donors (Lipinski definition) is 0. The molecule has 0 amide bonds. The van der Waals surface area contributed by atoms with E-state index in [-0.39, 0.29) is 28.9 Å². The minimum Gasteiger partial charge on any atom is -0.448 e. The molecule has 4 aliphatic rings. The third-order valence-electron chi connectivity index (χ3n) is 10.2. The van der Waals surface area contributed by atoms with Crippen LogP contribution in [0.15, 0.2) is 11.6 Å². The first kappa shape index (κ1) is 24.6. The van der Waals surface area contributed by atoms with E-state index in [0.717, 1.165) is 57.8 Å². The summed E-state index contributed by atoms with van der Waals surface area (Å²) in [5, 5.41) is 0. The van der Waals surface area contributed by atoms with Crippen LogP contribution in [0.3, 0.4) is 0 Å². The van der Waals surface area contributed by atoms with Gasteiger partial charge in [0.2, 0.25) is 5.60 Å². The van der Waals surface area contributed by atoms with Gasteiger partial charge in [0.15, 0.2) is 11.6 Å². The first-order valence-electron chi connectivity index (χ1n) is 13.1. The summed E-state index contributed by atoms with van der Waals surface area (Å²) in [5.41, 5.74) is -0.229. The van der Waals surface area contributed by atoms with Gasteiger partial charge >= 0.3 is 5.97 Å². The maximum Gasteiger partial charge on any atom is 0.306 e. The number of fused-ring (bicyclic) bond motifs is 5. The molecule has 5 heteroatoms. The van der Waals surface area contributed by atoms with Crippen LogP contribution in [0.25, 0.3) is 0 Å². The summed E-state index contributed by atoms with van der Waals surface area (Å²) in [7, 11) is 1.65. The second-order valence-corrected chi connectivity index (χ2v) is 11.6. The van der Waals surface area contributed by atoms with Gasteiger partial charge in [-0.15, -0.1) is 0 Å². The Kier molecular flexibility index (Phi) is 6.67. The molecule has 3 fully saturated rings. The number of Topliss-reactive ketones (excluding diaryl/α,β-unsaturated/α-hetero) is 1. The third kappa shape index (κ3) is 3.64. The third-order valence-corrected chi connectivity index (χ3v) is 10.2. The predicted octanol–water partition coefficient (Wildman–Crippen LogP) is 5.59. The molecule has 0 bridgehead atoms. The molecule has 0 spiro atoms. The van der Waals surface area contributed by atoms with Crippen molar-refractivity contribution in [3.8, 4) is 0 Å². The topological polar surface area (TPSA) is 69.7 Å². The number of hydrogen-bond acceptors (Lipinski definition) is 5. The highest BCUT2D eigenvalue weighted by Gasteiger charge is 2.72. The Balaban J connectivity index is 1.67. The summed E-state index contributed by atoms with van der Waals surface area (Å²) < 4.78 is 12.2. The predicted molar refractivity (Wildman–Crippen MR) is 127 cm³/mol. The van der Waals surface area contributed by atoms with Crippen molar-refractivity contribution in [1.82, 2.24) is 0 Å². The Labute approximate surface area is 199 Å². The van der Waals surface area contributed by atoms with E-state index in [1.54, 1.807) is 14.0 Å². The molecule has 4 rings (SSSR count). The van der Waals surface area contributed by atoms with Crippen molar-refractivity contribution in [3.05, 3.63) is 11.6 Å². The Morgan fingerprint density at radius 1 is 1.09 bits per heavy atom. The lowest BCUT2D eigenvalue weighted by molar-refractivity contribution is -0.203. The van der Waals surface area contributed by atoms with Gasteiger partial charge in [-0.2, -0.15) is 0 Å². The summed E-state index contributed by atoms with van der Waals surface area (Å²) in [6.07, 6.45) is 10.8. The van der Waals surface area contributed by atoms with Gasteiger partial charge in [0.25, 0.3) is 0 Å². The van der Waals surface area contributed by atoms with E-state index in [1.165, 1.54) is 5.57 Å². The van der Waals surface area contributed by atoms with Crippen LogP contribution in [-0.2, 0) is 23.9 Å². The molecule has 33 heavy (non-hydrogen) atoms. The molecule has 0 aliphatic heterocycles. The first-order valence-corrected chi connectivity index (χ1v) is 13.1. The fraction of sp³-hybridized carbons (Fsp3) is 0.821. The van der Waals surface area contributed by atoms with Gasteiger partial charge in [0, 0.05) is 25.4 Å². The molecule has 0 N–H and O–H groups in total. The van der Waals surface area contributed by atoms with Gasteiger partial charge in [-0.3, -0.25) is 14.4 Å². The van der Waals surface area contributed by atoms with Crippen molar-refractivity contribution in [2.45, 2.75) is 110 Å². The molecule has 7 atom stereocenters. The highest BCUT2D eigenvalue weighted by atomic mass is 16.6. The smallest absolute Gasteiger partial charge is 0.306 e. The van der Waals surface area contributed by atoms with E-state index in [1.807, 2.05) is 6.08 Å². The zero-order valence-corrected chi connectivity index (χ0v) is 21.2. The number of allylic oxidation sites excluding steroid dienone is 1. The summed E-state index contributed by atoms with van der Waals surface area (Å²) in [5.74, 6) is 1.15. The van der Waals surface area contributed by atoms with Gasteiger partial charge in [-0.25, -0.2) is 0 Å². The van der Waals surface area contributed by atoms with Crippen LogP contribution < -0.4 is 0 Å². The molecule has 4 aliphatic carbocycles. The van der Waals surface area contributed by atoms with E-state index >= 15 is 0 Å². The normalized spacial score (nSPS) is 42.1. The minimum absolute atomic E-state index is 0.0685. The molecule has 0 aromatic rings. The average molecular weight is 459 g/mol. The largest absolute Gasteiger partial charge is 0.448 e. The molecular formula is C28H42O5. The number of rotatable bonds is 7. The van der Waals surface area contributed by atoms with Crippen LogP contribution in [0.1, 0.15) is 98.3 Å². The Bertz CT molecular complexity index is 845. The quantitative estimate of drug-likeness (QED) is 0.367. The van der Waals surface area contributed by atoms with E-state index in [2.05, 4.69) is 20.8 Å². The average Bonchev–Trinajstić information content (AvgIpc) is 3.03. The van der Waals surface area contributed by atoms with Crippen LogP contribution in [0.4, 0.5) is 0 Å². The van der Waals surface area contributed by atoms with Crippen molar-refractivity contribution >= 4 is 17.5 Å². The van der Waals surface area contributed by atoms with Crippen molar-refractivity contribution < 1.29 is 23.9 Å². The zero-order valence-electron chi connectivity index (χ0n) is 21.2. The molecule has 0 radical (unpaired) electrons. The molecule has 184 valence electrons. The van der Waals surface area contributed by atoms with Crippen LogP contribution >= 0.6 is 0 Å². The first-order chi connectivity index (χ1) is 15.6. The van der Waals surface area contributed by atoms with E-state index in [9.17, 15) is 14.4 Å². The summed E-state index contributed by atoms with van der Waals surface area (Å²) >= 11 is 0. The monoisotopic (exact) mass is 458 g/mol. The summed E-state index contributed by atoms with van der Waals surface area (Å²) in [4.78, 5) is 38.4. The summed E-state index contributed by atoms with van der Waals surface area (Å²) in [6.45, 7) is 8.24. The molecule has 0 aromatic carbocycles. The Morgan fingerprint density at radius 2 is 1.85 bits per heavy atom. The van der Waals surface area contributed by atoms with Gasteiger partial charge < -0.3 is 9.47 Å². The SMILES string of the molecule is CCCCCC(=O)O[C@]1(C(C)=O)[C@H](OC)C[C@H]2[C@@H]3CCC4=CC(=O)CC[C@]4(C)[C@H]3CC[C@@]21C. The number of methoxy groups -OCH3 is 1. The number of ether oxygens (including phenoxy) is 2. The molecular weight excluding hydrogens is 416 g/mol. The van der Waals surface area contributed by atoms with Gasteiger partial charge in [-0.05, 0) is 81.1 Å². The molecule has 0 aromatic heterocycles. The number of carbonyl (C=O) groups is 3. The highest BCUT2D eigenvalue weighted by molar-refractivity contribution is 5.92. The minimum atomic E-state index is -1.21. The van der Waals surface area contributed by atoms with Crippen molar-refractivity contribution in [2.75, 3.05) is 7.11 Å². The highest BCUT2D eigenvalue weighted by Crippen LogP contribution is 2.68. The maximum atomic E-state index is 13.3. The summed E-state index contributed by atoms with van der Waals surface area (Å²) in [6, 6.07) is 0. The fourth-order valence-electron chi connectivity index (χ4n) is 8.43. The lowest BCUT2D eigenvalue weighted by Crippen LogP contribution is -2.62. The van der Waals surface area contributed by atoms with Gasteiger partial charge in [-0.1, -0.05) is 39.2 Å². The molecule has 0 unspecified atom stereocenters. The van der Waals surface area contributed by atoms with Crippen molar-refractivity contribution in [3.63, 3.8) is 0 Å². The van der Waals surface area contributed by atoms with Crippen LogP contribution in [0, 0.1) is 28.6 Å². The second-order valence-electron chi connectivity index (χ2n) is 11.6. The van der Waals surface area contributed by atoms with Crippen molar-refractivity contribution in [1.29, 1.82) is 0 Å². The Morgan fingerprint density at radius 3 is 2.52 bits per heavy atom. The molecule has 0 heterocycles. The molecule has 3 saturated carbocycles. The number of carbonyl (C=O) groups excluding carboxylic acids is 3. The number of ketones is 2. The zero-order chi connectivity index (χ0) is 24.0. The lowest BCUT2D eigenvalue weighted by atomic mass is 9.46. The van der Waals surface area contributed by atoms with Crippen LogP contribution in [0.2, 0.25) is 0 Å². The van der Waals surface area contributed by atoms with Gasteiger partial charge in [0.1, 0.15) is 6.10 Å². The number of unbranched alkanes of at least 4 members (excludes halogenated alkanes) is 2. The lowest BCUT2D eigenvalue weighted by Gasteiger charge is -2.59. The van der Waals surface area contributed by atoms with Crippen LogP contribution in [0.5, 0.6) is 0 Å². The van der Waals surface area contributed by atoms with Crippen LogP contribution in [-0.4, -0.2) is 36.4 Å². The molecule has 5 nitrogen and oxygen atoms in total. The standard InChI is InChI=1S/C28H42O5/c1-6-7-8-9-25(31)33-28(18(2)29)24(32-5)17-23-21-11-10-19-16-20(30)12-14-26(19,3)22(21)13-15-27(23,28)4/h16,21-24H,6-15,17H2,1-5H3/t21-,22+,23+,24-,26+,27+,28-/m1/s1. The van der Waals surface area contributed by atoms with E-state index in [4.69, 9.17) is 9.47 Å². The second kappa shape index (κ2) is 8.94. The maximum absolute atomic E-state index is 13.3.